The van der Waals surface area contributed by atoms with Gasteiger partial charge in [-0.3, -0.25) is 4.68 Å². The van der Waals surface area contributed by atoms with E-state index in [1.54, 1.807) is 25.3 Å². The third kappa shape index (κ3) is 3.23. The molecule has 0 radical (unpaired) electrons. The Morgan fingerprint density at radius 2 is 2.10 bits per heavy atom. The molecule has 2 aromatic rings. The molecule has 108 valence electrons. The van der Waals surface area contributed by atoms with Crippen LogP contribution in [0.4, 0.5) is 5.69 Å². The van der Waals surface area contributed by atoms with Crippen LogP contribution < -0.4 is 15.2 Å². The summed E-state index contributed by atoms with van der Waals surface area (Å²) in [5, 5.41) is 4.50. The average Bonchev–Trinajstić information content (AvgIpc) is 2.93. The molecule has 0 saturated heterocycles. The lowest BCUT2D eigenvalue weighted by atomic mass is 10.3. The molecule has 5 heteroatoms. The van der Waals surface area contributed by atoms with Crippen molar-refractivity contribution in [2.45, 2.75) is 32.9 Å². The molecule has 1 aromatic carbocycles. The summed E-state index contributed by atoms with van der Waals surface area (Å²) in [4.78, 5) is 0. The third-order valence-electron chi connectivity index (χ3n) is 3.27. The highest BCUT2D eigenvalue weighted by Crippen LogP contribution is 2.29. The van der Waals surface area contributed by atoms with Crippen molar-refractivity contribution in [2.24, 2.45) is 0 Å². The van der Waals surface area contributed by atoms with Crippen LogP contribution in [0.5, 0.6) is 11.5 Å². The van der Waals surface area contributed by atoms with Gasteiger partial charge < -0.3 is 15.2 Å². The highest BCUT2D eigenvalue weighted by atomic mass is 16.5. The number of hydrogen-bond acceptors (Lipinski definition) is 4. The van der Waals surface area contributed by atoms with Crippen LogP contribution in [0.15, 0.2) is 30.5 Å². The smallest absolute Gasteiger partial charge is 0.162 e. The van der Waals surface area contributed by atoms with Gasteiger partial charge in [-0.05, 0) is 31.5 Å². The van der Waals surface area contributed by atoms with E-state index in [2.05, 4.69) is 18.9 Å². The Kier molecular flexibility index (Phi) is 4.50. The fourth-order valence-corrected chi connectivity index (χ4v) is 1.84. The van der Waals surface area contributed by atoms with E-state index in [0.717, 1.165) is 12.1 Å². The fraction of sp³-hybridized carbons (Fsp3) is 0.400. The first-order valence-corrected chi connectivity index (χ1v) is 6.74. The first-order chi connectivity index (χ1) is 9.63. The van der Waals surface area contributed by atoms with Crippen molar-refractivity contribution >= 4 is 5.69 Å². The monoisotopic (exact) mass is 275 g/mol. The number of rotatable bonds is 6. The van der Waals surface area contributed by atoms with Gasteiger partial charge in [0, 0.05) is 24.0 Å². The highest BCUT2D eigenvalue weighted by molar-refractivity contribution is 5.51. The number of anilines is 1. The second-order valence-corrected chi connectivity index (χ2v) is 4.74. The molecule has 0 spiro atoms. The third-order valence-corrected chi connectivity index (χ3v) is 3.27. The lowest BCUT2D eigenvalue weighted by Gasteiger charge is -2.10. The summed E-state index contributed by atoms with van der Waals surface area (Å²) in [5.41, 5.74) is 7.25. The molecular weight excluding hydrogens is 254 g/mol. The zero-order valence-corrected chi connectivity index (χ0v) is 12.2. The summed E-state index contributed by atoms with van der Waals surface area (Å²) in [6.45, 7) is 4.69. The van der Waals surface area contributed by atoms with Crippen LogP contribution in [-0.4, -0.2) is 16.9 Å². The number of nitrogens with zero attached hydrogens (tertiary/aromatic N) is 2. The lowest BCUT2D eigenvalue weighted by molar-refractivity contribution is 0.278. The van der Waals surface area contributed by atoms with E-state index in [9.17, 15) is 0 Å². The Labute approximate surface area is 119 Å². The van der Waals surface area contributed by atoms with E-state index < -0.39 is 0 Å². The van der Waals surface area contributed by atoms with Gasteiger partial charge in [-0.1, -0.05) is 6.92 Å². The zero-order chi connectivity index (χ0) is 14.5. The summed E-state index contributed by atoms with van der Waals surface area (Å²) in [6.07, 6.45) is 3.03. The zero-order valence-electron chi connectivity index (χ0n) is 12.2. The Morgan fingerprint density at radius 1 is 1.30 bits per heavy atom. The van der Waals surface area contributed by atoms with Gasteiger partial charge in [0.1, 0.15) is 6.61 Å². The molecule has 1 heterocycles. The predicted octanol–water partition coefficient (Wildman–Crippen LogP) is 3.02. The van der Waals surface area contributed by atoms with Gasteiger partial charge >= 0.3 is 0 Å². The molecule has 1 unspecified atom stereocenters. The van der Waals surface area contributed by atoms with Crippen molar-refractivity contribution < 1.29 is 9.47 Å². The van der Waals surface area contributed by atoms with E-state index in [1.807, 2.05) is 16.9 Å². The summed E-state index contributed by atoms with van der Waals surface area (Å²) in [6, 6.07) is 7.70. The van der Waals surface area contributed by atoms with Gasteiger partial charge in [-0.15, -0.1) is 0 Å². The highest BCUT2D eigenvalue weighted by Gasteiger charge is 2.08. The van der Waals surface area contributed by atoms with Crippen molar-refractivity contribution in [3.63, 3.8) is 0 Å². The van der Waals surface area contributed by atoms with Crippen LogP contribution in [0.2, 0.25) is 0 Å². The number of hydrogen-bond donors (Lipinski definition) is 1. The summed E-state index contributed by atoms with van der Waals surface area (Å²) in [5.74, 6) is 1.30. The van der Waals surface area contributed by atoms with E-state index >= 15 is 0 Å². The molecule has 1 atom stereocenters. The summed E-state index contributed by atoms with van der Waals surface area (Å²) in [7, 11) is 1.60. The molecule has 2 N–H and O–H groups in total. The van der Waals surface area contributed by atoms with Gasteiger partial charge in [0.2, 0.25) is 0 Å². The predicted molar refractivity (Wildman–Crippen MR) is 79.0 cm³/mol. The van der Waals surface area contributed by atoms with Gasteiger partial charge in [0.25, 0.3) is 0 Å². The second kappa shape index (κ2) is 6.32. The average molecular weight is 275 g/mol. The van der Waals surface area contributed by atoms with Crippen molar-refractivity contribution in [3.8, 4) is 11.5 Å². The van der Waals surface area contributed by atoms with E-state index in [-0.39, 0.29) is 0 Å². The van der Waals surface area contributed by atoms with Gasteiger partial charge in [-0.2, -0.15) is 5.10 Å². The molecule has 0 bridgehead atoms. The van der Waals surface area contributed by atoms with Crippen LogP contribution in [-0.2, 0) is 6.61 Å². The number of nitrogen functional groups attached to an aromatic ring is 1. The molecule has 5 nitrogen and oxygen atoms in total. The Hall–Kier alpha value is -2.17. The summed E-state index contributed by atoms with van der Waals surface area (Å²) < 4.78 is 12.9. The Balaban J connectivity index is 2.03. The molecule has 0 aliphatic rings. The maximum atomic E-state index is 5.74. The van der Waals surface area contributed by atoms with Gasteiger partial charge in [0.15, 0.2) is 11.5 Å². The van der Waals surface area contributed by atoms with Crippen LogP contribution in [0.25, 0.3) is 0 Å². The van der Waals surface area contributed by atoms with Crippen molar-refractivity contribution in [1.29, 1.82) is 0 Å². The topological polar surface area (TPSA) is 62.3 Å². The largest absolute Gasteiger partial charge is 0.493 e. The van der Waals surface area contributed by atoms with Crippen molar-refractivity contribution in [1.82, 2.24) is 9.78 Å². The Bertz CT molecular complexity index is 566. The minimum Gasteiger partial charge on any atom is -0.493 e. The molecule has 0 fully saturated rings. The van der Waals surface area contributed by atoms with E-state index in [1.165, 1.54) is 0 Å². The molecule has 2 rings (SSSR count). The van der Waals surface area contributed by atoms with E-state index in [4.69, 9.17) is 15.2 Å². The first kappa shape index (κ1) is 14.2. The van der Waals surface area contributed by atoms with Crippen molar-refractivity contribution in [2.75, 3.05) is 12.8 Å². The first-order valence-electron chi connectivity index (χ1n) is 6.74. The number of ether oxygens (including phenoxy) is 2. The maximum absolute atomic E-state index is 5.74. The number of aromatic nitrogens is 2. The minimum atomic E-state index is 0.398. The normalized spacial score (nSPS) is 12.2. The number of nitrogens with two attached hydrogens (primary N) is 1. The molecule has 0 saturated carbocycles. The van der Waals surface area contributed by atoms with Gasteiger partial charge in [-0.25, -0.2) is 0 Å². The fourth-order valence-electron chi connectivity index (χ4n) is 1.84. The molecular formula is C15H21N3O2. The quantitative estimate of drug-likeness (QED) is 0.823. The van der Waals surface area contributed by atoms with Crippen LogP contribution in [0.3, 0.4) is 0 Å². The Morgan fingerprint density at radius 3 is 2.80 bits per heavy atom. The lowest BCUT2D eigenvalue weighted by Crippen LogP contribution is -2.06. The van der Waals surface area contributed by atoms with Gasteiger partial charge in [0.05, 0.1) is 12.8 Å². The molecule has 1 aromatic heterocycles. The maximum Gasteiger partial charge on any atom is 0.162 e. The summed E-state index contributed by atoms with van der Waals surface area (Å²) >= 11 is 0. The molecule has 0 amide bonds. The van der Waals surface area contributed by atoms with Crippen LogP contribution >= 0.6 is 0 Å². The van der Waals surface area contributed by atoms with Crippen molar-refractivity contribution in [3.05, 3.63) is 36.2 Å². The second-order valence-electron chi connectivity index (χ2n) is 4.74. The molecule has 20 heavy (non-hydrogen) atoms. The standard InChI is InChI=1S/C15H21N3O2/c1-4-11(2)18-8-7-13(17-18)10-20-14-6-5-12(16)9-15(14)19-3/h5-9,11H,4,10,16H2,1-3H3. The van der Waals surface area contributed by atoms with Crippen LogP contribution in [0, 0.1) is 0 Å². The molecule has 0 aliphatic heterocycles. The number of methoxy groups -OCH3 is 1. The number of benzene rings is 1. The van der Waals surface area contributed by atoms with E-state index in [0.29, 0.717) is 29.8 Å². The molecule has 0 aliphatic carbocycles. The minimum absolute atomic E-state index is 0.398. The van der Waals surface area contributed by atoms with Crippen LogP contribution in [0.1, 0.15) is 32.0 Å². The SMILES string of the molecule is CCC(C)n1ccc(COc2ccc(N)cc2OC)n1.